The number of ether oxygens (including phenoxy) is 1. The normalized spacial score (nSPS) is 16.7. The van der Waals surface area contributed by atoms with Gasteiger partial charge >= 0.3 is 0 Å². The van der Waals surface area contributed by atoms with Crippen molar-refractivity contribution < 1.29 is 19.0 Å². The van der Waals surface area contributed by atoms with E-state index in [-0.39, 0.29) is 23.1 Å². The van der Waals surface area contributed by atoms with Crippen molar-refractivity contribution in [1.29, 1.82) is 0 Å². The first-order valence-electron chi connectivity index (χ1n) is 12.8. The summed E-state index contributed by atoms with van der Waals surface area (Å²) in [6.45, 7) is 9.71. The van der Waals surface area contributed by atoms with Gasteiger partial charge in [0.15, 0.2) is 5.76 Å². The highest BCUT2D eigenvalue weighted by molar-refractivity contribution is 6.15. The van der Waals surface area contributed by atoms with Crippen LogP contribution in [0.1, 0.15) is 35.3 Å². The molecule has 3 aromatic carbocycles. The number of carbonyl (C=O) groups is 1. The maximum atomic E-state index is 13.3. The Morgan fingerprint density at radius 3 is 2.27 bits per heavy atom. The molecule has 2 aliphatic heterocycles. The maximum absolute atomic E-state index is 13.3. The molecular formula is C30H32FN3O3. The summed E-state index contributed by atoms with van der Waals surface area (Å²) in [5, 5.41) is 10.7. The minimum absolute atomic E-state index is 0.123. The number of nitrogens with zero attached hydrogens (tertiary/aromatic N) is 3. The molecule has 0 unspecified atom stereocenters. The van der Waals surface area contributed by atoms with Gasteiger partial charge < -0.3 is 19.6 Å². The van der Waals surface area contributed by atoms with Gasteiger partial charge in [0.2, 0.25) is 5.78 Å². The van der Waals surface area contributed by atoms with Crippen LogP contribution in [0.15, 0.2) is 66.4 Å². The number of aromatic hydroxyl groups is 1. The third-order valence-electron chi connectivity index (χ3n) is 7.18. The van der Waals surface area contributed by atoms with E-state index in [2.05, 4.69) is 40.7 Å². The van der Waals surface area contributed by atoms with Gasteiger partial charge in [-0.05, 0) is 74.0 Å². The van der Waals surface area contributed by atoms with E-state index in [1.165, 1.54) is 12.1 Å². The zero-order chi connectivity index (χ0) is 25.9. The van der Waals surface area contributed by atoms with Crippen molar-refractivity contribution in [2.75, 3.05) is 49.1 Å². The van der Waals surface area contributed by atoms with Crippen LogP contribution in [0.25, 0.3) is 6.08 Å². The van der Waals surface area contributed by atoms with E-state index in [9.17, 15) is 14.3 Å². The van der Waals surface area contributed by atoms with E-state index >= 15 is 0 Å². The number of fused-ring (bicyclic) bond motifs is 1. The number of allylic oxidation sites excluding steroid dienone is 1. The number of phenols is 1. The standard InChI is InChI=1S/C30H32FN3O3/c1-3-33(4-2)23-9-5-21(6-10-23)19-28-29(36)25-13-14-27(35)26(30(25)37-28)20-32-15-17-34(18-16-32)24-11-7-22(31)8-12-24/h5-14,19,35H,3-4,15-18,20H2,1-2H3/b28-19+. The Kier molecular flexibility index (Phi) is 7.15. The summed E-state index contributed by atoms with van der Waals surface area (Å²) >= 11 is 0. The van der Waals surface area contributed by atoms with Crippen LogP contribution in [0.3, 0.4) is 0 Å². The van der Waals surface area contributed by atoms with Gasteiger partial charge in [0.25, 0.3) is 0 Å². The van der Waals surface area contributed by atoms with Gasteiger partial charge in [-0.2, -0.15) is 0 Å². The largest absolute Gasteiger partial charge is 0.507 e. The van der Waals surface area contributed by atoms with Crippen molar-refractivity contribution in [3.8, 4) is 11.5 Å². The van der Waals surface area contributed by atoms with Crippen molar-refractivity contribution >= 4 is 23.2 Å². The molecule has 2 aliphatic rings. The third kappa shape index (κ3) is 5.18. The highest BCUT2D eigenvalue weighted by atomic mass is 19.1. The van der Waals surface area contributed by atoms with Gasteiger partial charge in [-0.3, -0.25) is 9.69 Å². The predicted molar refractivity (Wildman–Crippen MR) is 145 cm³/mol. The van der Waals surface area contributed by atoms with E-state index in [0.29, 0.717) is 23.4 Å². The molecule has 0 saturated carbocycles. The monoisotopic (exact) mass is 501 g/mol. The average Bonchev–Trinajstić information content (AvgIpc) is 3.23. The number of anilines is 2. The highest BCUT2D eigenvalue weighted by Gasteiger charge is 2.32. The Hall–Kier alpha value is -3.84. The Balaban J connectivity index is 1.29. The van der Waals surface area contributed by atoms with Crippen LogP contribution in [0, 0.1) is 5.82 Å². The molecule has 1 saturated heterocycles. The number of Topliss-reactive ketones (excluding diaryl/α,β-unsaturated/α-hetero) is 1. The molecule has 37 heavy (non-hydrogen) atoms. The number of ketones is 1. The quantitative estimate of drug-likeness (QED) is 0.443. The lowest BCUT2D eigenvalue weighted by atomic mass is 10.0. The van der Waals surface area contributed by atoms with Crippen molar-refractivity contribution in [2.24, 2.45) is 0 Å². The van der Waals surface area contributed by atoms with E-state index in [0.717, 1.165) is 56.2 Å². The van der Waals surface area contributed by atoms with Crippen LogP contribution in [-0.2, 0) is 6.54 Å². The molecule has 1 fully saturated rings. The lowest BCUT2D eigenvalue weighted by Gasteiger charge is -2.36. The molecule has 0 radical (unpaired) electrons. The average molecular weight is 502 g/mol. The number of rotatable bonds is 7. The smallest absolute Gasteiger partial charge is 0.231 e. The van der Waals surface area contributed by atoms with E-state index in [1.54, 1.807) is 30.3 Å². The van der Waals surface area contributed by atoms with Crippen molar-refractivity contribution in [1.82, 2.24) is 4.90 Å². The van der Waals surface area contributed by atoms with E-state index in [1.807, 2.05) is 12.1 Å². The highest BCUT2D eigenvalue weighted by Crippen LogP contribution is 2.40. The number of carbonyl (C=O) groups excluding carboxylic acids is 1. The summed E-state index contributed by atoms with van der Waals surface area (Å²) in [5.74, 6) is 0.411. The zero-order valence-electron chi connectivity index (χ0n) is 21.3. The van der Waals surface area contributed by atoms with Gasteiger partial charge in [-0.25, -0.2) is 4.39 Å². The summed E-state index contributed by atoms with van der Waals surface area (Å²) in [6, 6.07) is 17.8. The lowest BCUT2D eigenvalue weighted by Crippen LogP contribution is -2.46. The third-order valence-corrected chi connectivity index (χ3v) is 7.18. The fraction of sp³-hybridized carbons (Fsp3) is 0.300. The zero-order valence-corrected chi connectivity index (χ0v) is 21.3. The first-order chi connectivity index (χ1) is 18.0. The minimum atomic E-state index is -0.240. The number of hydrogen-bond donors (Lipinski definition) is 1. The van der Waals surface area contributed by atoms with Gasteiger partial charge in [0, 0.05) is 57.2 Å². The van der Waals surface area contributed by atoms with Gasteiger partial charge in [-0.15, -0.1) is 0 Å². The first-order valence-corrected chi connectivity index (χ1v) is 12.8. The Morgan fingerprint density at radius 2 is 1.62 bits per heavy atom. The summed E-state index contributed by atoms with van der Waals surface area (Å²) in [6.07, 6.45) is 1.76. The number of hydrogen-bond acceptors (Lipinski definition) is 6. The maximum Gasteiger partial charge on any atom is 0.231 e. The fourth-order valence-electron chi connectivity index (χ4n) is 5.01. The molecule has 0 aliphatic carbocycles. The van der Waals surface area contributed by atoms with Crippen molar-refractivity contribution in [3.05, 3.63) is 88.9 Å². The van der Waals surface area contributed by atoms with Crippen LogP contribution in [0.5, 0.6) is 11.5 Å². The topological polar surface area (TPSA) is 56.3 Å². The van der Waals surface area contributed by atoms with Crippen LogP contribution in [-0.4, -0.2) is 55.1 Å². The molecule has 0 aromatic heterocycles. The number of phenolic OH excluding ortho intramolecular Hbond substituents is 1. The van der Waals surface area contributed by atoms with Crippen LogP contribution in [0.4, 0.5) is 15.8 Å². The Labute approximate surface area is 217 Å². The Bertz CT molecular complexity index is 1290. The number of benzene rings is 3. The van der Waals surface area contributed by atoms with Crippen molar-refractivity contribution in [2.45, 2.75) is 20.4 Å². The lowest BCUT2D eigenvalue weighted by molar-refractivity contribution is 0.101. The molecule has 0 bridgehead atoms. The second-order valence-electron chi connectivity index (χ2n) is 9.38. The first kappa shape index (κ1) is 24.8. The summed E-state index contributed by atoms with van der Waals surface area (Å²) in [4.78, 5) is 19.8. The SMILES string of the molecule is CCN(CC)c1ccc(/C=C2/Oc3c(ccc(O)c3CN3CCN(c4ccc(F)cc4)CC3)C2=O)cc1. The second kappa shape index (κ2) is 10.6. The Morgan fingerprint density at radius 1 is 0.946 bits per heavy atom. The summed E-state index contributed by atoms with van der Waals surface area (Å²) < 4.78 is 19.3. The van der Waals surface area contributed by atoms with E-state index < -0.39 is 0 Å². The number of halogens is 1. The second-order valence-corrected chi connectivity index (χ2v) is 9.38. The molecule has 0 atom stereocenters. The molecule has 2 heterocycles. The molecule has 5 rings (SSSR count). The number of piperazine rings is 1. The molecule has 192 valence electrons. The van der Waals surface area contributed by atoms with Gasteiger partial charge in [0.1, 0.15) is 17.3 Å². The van der Waals surface area contributed by atoms with Gasteiger partial charge in [0.05, 0.1) is 11.1 Å². The molecular weight excluding hydrogens is 469 g/mol. The molecule has 0 spiro atoms. The van der Waals surface area contributed by atoms with E-state index in [4.69, 9.17) is 4.74 Å². The molecule has 7 heteroatoms. The van der Waals surface area contributed by atoms with Gasteiger partial charge in [-0.1, -0.05) is 12.1 Å². The predicted octanol–water partition coefficient (Wildman–Crippen LogP) is 5.32. The molecule has 3 aromatic rings. The van der Waals surface area contributed by atoms with Crippen molar-refractivity contribution in [3.63, 3.8) is 0 Å². The molecule has 1 N–H and O–H groups in total. The fourth-order valence-corrected chi connectivity index (χ4v) is 5.01. The summed E-state index contributed by atoms with van der Waals surface area (Å²) in [5.41, 5.74) is 4.12. The van der Waals surface area contributed by atoms with Crippen LogP contribution in [0.2, 0.25) is 0 Å². The molecule has 0 amide bonds. The molecule has 6 nitrogen and oxygen atoms in total. The minimum Gasteiger partial charge on any atom is -0.507 e. The summed E-state index contributed by atoms with van der Waals surface area (Å²) in [7, 11) is 0. The van der Waals surface area contributed by atoms with Crippen LogP contribution < -0.4 is 14.5 Å². The van der Waals surface area contributed by atoms with Crippen LogP contribution >= 0.6 is 0 Å².